The molecule has 0 aromatic heterocycles. The summed E-state index contributed by atoms with van der Waals surface area (Å²) in [5, 5.41) is 0. The van der Waals surface area contributed by atoms with Gasteiger partial charge in [-0.05, 0) is 43.6 Å². The smallest absolute Gasteiger partial charge is 0.221 e. The van der Waals surface area contributed by atoms with Crippen molar-refractivity contribution in [2.45, 2.75) is 24.3 Å². The molecule has 1 aliphatic heterocycles. The average molecular weight is 290 g/mol. The van der Waals surface area contributed by atoms with Crippen LogP contribution in [-0.4, -0.2) is 30.2 Å². The maximum Gasteiger partial charge on any atom is 0.221 e. The Balaban J connectivity index is 1.79. The molecule has 0 radical (unpaired) electrons. The van der Waals surface area contributed by atoms with E-state index in [0.29, 0.717) is 11.8 Å². The van der Waals surface area contributed by atoms with Crippen LogP contribution in [0.5, 0.6) is 0 Å². The summed E-state index contributed by atoms with van der Waals surface area (Å²) in [6.07, 6.45) is 2.12. The second-order valence-electron chi connectivity index (χ2n) is 6.42. The second-order valence-corrected chi connectivity index (χ2v) is 7.27. The number of piperidine rings is 1. The molecule has 0 spiro atoms. The van der Waals surface area contributed by atoms with Crippen LogP contribution < -0.4 is 5.73 Å². The van der Waals surface area contributed by atoms with Crippen LogP contribution in [0.15, 0.2) is 29.2 Å². The van der Waals surface area contributed by atoms with E-state index in [2.05, 4.69) is 49.3 Å². The van der Waals surface area contributed by atoms with E-state index in [9.17, 15) is 4.79 Å². The lowest BCUT2D eigenvalue weighted by Crippen LogP contribution is -2.42. The molecule has 2 N–H and O–H groups in total. The van der Waals surface area contributed by atoms with Crippen LogP contribution >= 0.6 is 11.8 Å². The second kappa shape index (κ2) is 4.78. The zero-order chi connectivity index (χ0) is 14.5. The minimum atomic E-state index is -0.109. The van der Waals surface area contributed by atoms with Crippen molar-refractivity contribution in [2.24, 2.45) is 23.5 Å². The molecule has 4 heteroatoms. The summed E-state index contributed by atoms with van der Waals surface area (Å²) in [6.45, 7) is 6.56. The van der Waals surface area contributed by atoms with Gasteiger partial charge < -0.3 is 5.73 Å². The standard InChI is InChI=1S/C16H22N2OS/c1-16(2,12-6-4-5-7-13(12)20-3)18-8-10-11(9-18)14(10)15(17)19/h4-7,10-11,14H,8-9H2,1-3H3,(H2,17,19). The van der Waals surface area contributed by atoms with Crippen LogP contribution in [0.25, 0.3) is 0 Å². The molecule has 3 rings (SSSR count). The van der Waals surface area contributed by atoms with Crippen LogP contribution in [-0.2, 0) is 10.3 Å². The number of hydrogen-bond donors (Lipinski definition) is 1. The van der Waals surface area contributed by atoms with E-state index in [1.807, 2.05) is 0 Å². The Labute approximate surface area is 124 Å². The van der Waals surface area contributed by atoms with Gasteiger partial charge >= 0.3 is 0 Å². The minimum absolute atomic E-state index is 0.00915. The van der Waals surface area contributed by atoms with Gasteiger partial charge in [0.25, 0.3) is 0 Å². The molecule has 2 aliphatic rings. The molecule has 108 valence electrons. The molecular weight excluding hydrogens is 268 g/mol. The summed E-state index contributed by atoms with van der Waals surface area (Å²) in [7, 11) is 0. The number of thioether (sulfide) groups is 1. The van der Waals surface area contributed by atoms with Crippen LogP contribution in [0, 0.1) is 17.8 Å². The Morgan fingerprint density at radius 3 is 2.45 bits per heavy atom. The van der Waals surface area contributed by atoms with Crippen molar-refractivity contribution in [3.63, 3.8) is 0 Å². The van der Waals surface area contributed by atoms with Gasteiger partial charge in [0, 0.05) is 29.4 Å². The molecule has 1 aliphatic carbocycles. The topological polar surface area (TPSA) is 46.3 Å². The lowest BCUT2D eigenvalue weighted by molar-refractivity contribution is -0.120. The highest BCUT2D eigenvalue weighted by molar-refractivity contribution is 7.98. The number of nitrogens with two attached hydrogens (primary N) is 1. The number of carbonyl (C=O) groups is 1. The van der Waals surface area contributed by atoms with Crippen molar-refractivity contribution in [3.8, 4) is 0 Å². The van der Waals surface area contributed by atoms with Gasteiger partial charge in [0.15, 0.2) is 0 Å². The summed E-state index contributed by atoms with van der Waals surface area (Å²) >= 11 is 1.80. The van der Waals surface area contributed by atoms with Crippen molar-refractivity contribution < 1.29 is 4.79 Å². The SMILES string of the molecule is CSc1ccccc1C(C)(C)N1CC2C(C1)C2C(N)=O. The van der Waals surface area contributed by atoms with Gasteiger partial charge in [0.1, 0.15) is 0 Å². The number of benzene rings is 1. The molecule has 3 nitrogen and oxygen atoms in total. The Morgan fingerprint density at radius 1 is 1.30 bits per heavy atom. The molecule has 2 atom stereocenters. The number of rotatable bonds is 4. The molecule has 0 bridgehead atoms. The van der Waals surface area contributed by atoms with Crippen molar-refractivity contribution in [1.29, 1.82) is 0 Å². The van der Waals surface area contributed by atoms with Crippen LogP contribution in [0.2, 0.25) is 0 Å². The Bertz CT molecular complexity index is 531. The molecule has 1 saturated carbocycles. The zero-order valence-electron chi connectivity index (χ0n) is 12.3. The van der Waals surface area contributed by atoms with Gasteiger partial charge in [0.05, 0.1) is 0 Å². The first kappa shape index (κ1) is 14.0. The normalized spacial score (nSPS) is 29.2. The van der Waals surface area contributed by atoms with E-state index in [1.165, 1.54) is 10.5 Å². The maximum absolute atomic E-state index is 11.3. The Hall–Kier alpha value is -1.00. The third-order valence-electron chi connectivity index (χ3n) is 5.08. The monoisotopic (exact) mass is 290 g/mol. The summed E-state index contributed by atoms with van der Waals surface area (Å²) in [6, 6.07) is 8.61. The van der Waals surface area contributed by atoms with Crippen LogP contribution in [0.3, 0.4) is 0 Å². The summed E-state index contributed by atoms with van der Waals surface area (Å²) < 4.78 is 0. The lowest BCUT2D eigenvalue weighted by atomic mass is 9.92. The summed E-state index contributed by atoms with van der Waals surface area (Å²) in [4.78, 5) is 15.2. The highest BCUT2D eigenvalue weighted by Gasteiger charge is 2.60. The van der Waals surface area contributed by atoms with Crippen molar-refractivity contribution in [2.75, 3.05) is 19.3 Å². The first-order valence-corrected chi connectivity index (χ1v) is 8.37. The largest absolute Gasteiger partial charge is 0.369 e. The van der Waals surface area contributed by atoms with Crippen molar-refractivity contribution in [3.05, 3.63) is 29.8 Å². The number of nitrogens with zero attached hydrogens (tertiary/aromatic N) is 1. The maximum atomic E-state index is 11.3. The molecule has 1 heterocycles. The number of primary amides is 1. The molecule has 1 aromatic carbocycles. The average Bonchev–Trinajstić information content (AvgIpc) is 2.94. The van der Waals surface area contributed by atoms with Gasteiger partial charge in [-0.3, -0.25) is 9.69 Å². The minimum Gasteiger partial charge on any atom is -0.369 e. The summed E-state index contributed by atoms with van der Waals surface area (Å²) in [5.74, 6) is 1.02. The van der Waals surface area contributed by atoms with Gasteiger partial charge in [-0.25, -0.2) is 0 Å². The first-order valence-electron chi connectivity index (χ1n) is 7.14. The molecule has 2 unspecified atom stereocenters. The quantitative estimate of drug-likeness (QED) is 0.866. The first-order chi connectivity index (χ1) is 9.46. The highest BCUT2D eigenvalue weighted by atomic mass is 32.2. The Morgan fingerprint density at radius 2 is 1.90 bits per heavy atom. The number of hydrogen-bond acceptors (Lipinski definition) is 3. The molecule has 2 fully saturated rings. The zero-order valence-corrected chi connectivity index (χ0v) is 13.1. The van der Waals surface area contributed by atoms with Gasteiger partial charge in [-0.2, -0.15) is 0 Å². The van der Waals surface area contributed by atoms with E-state index >= 15 is 0 Å². The van der Waals surface area contributed by atoms with E-state index in [-0.39, 0.29) is 17.4 Å². The van der Waals surface area contributed by atoms with Gasteiger partial charge in [0.2, 0.25) is 5.91 Å². The molecule has 20 heavy (non-hydrogen) atoms. The third-order valence-corrected chi connectivity index (χ3v) is 5.88. The fourth-order valence-electron chi connectivity index (χ4n) is 3.73. The fourth-order valence-corrected chi connectivity index (χ4v) is 4.48. The van der Waals surface area contributed by atoms with E-state index < -0.39 is 0 Å². The number of amides is 1. The predicted molar refractivity (Wildman–Crippen MR) is 82.5 cm³/mol. The predicted octanol–water partition coefficient (Wildman–Crippen LogP) is 2.31. The molecule has 1 saturated heterocycles. The van der Waals surface area contributed by atoms with Crippen LogP contribution in [0.4, 0.5) is 0 Å². The fraction of sp³-hybridized carbons (Fsp3) is 0.562. The molecular formula is C16H22N2OS. The van der Waals surface area contributed by atoms with E-state index in [1.54, 1.807) is 11.8 Å². The number of carbonyl (C=O) groups excluding carboxylic acids is 1. The molecule has 1 aromatic rings. The molecule has 1 amide bonds. The third kappa shape index (κ3) is 2.06. The van der Waals surface area contributed by atoms with Crippen molar-refractivity contribution >= 4 is 17.7 Å². The van der Waals surface area contributed by atoms with E-state index in [4.69, 9.17) is 5.73 Å². The Kier molecular flexibility index (Phi) is 3.33. The van der Waals surface area contributed by atoms with Gasteiger partial charge in [-0.1, -0.05) is 18.2 Å². The number of fused-ring (bicyclic) bond motifs is 1. The van der Waals surface area contributed by atoms with Crippen molar-refractivity contribution in [1.82, 2.24) is 4.90 Å². The lowest BCUT2D eigenvalue weighted by Gasteiger charge is -2.38. The summed E-state index contributed by atoms with van der Waals surface area (Å²) in [5.41, 5.74) is 6.83. The van der Waals surface area contributed by atoms with Crippen LogP contribution in [0.1, 0.15) is 19.4 Å². The van der Waals surface area contributed by atoms with Gasteiger partial charge in [-0.15, -0.1) is 11.8 Å². The van der Waals surface area contributed by atoms with E-state index in [0.717, 1.165) is 13.1 Å². The number of likely N-dealkylation sites (tertiary alicyclic amines) is 1. The highest BCUT2D eigenvalue weighted by Crippen LogP contribution is 2.54.